The molecule has 14 heavy (non-hydrogen) atoms. The summed E-state index contributed by atoms with van der Waals surface area (Å²) in [5.41, 5.74) is 0. The second-order valence-corrected chi connectivity index (χ2v) is 6.91. The van der Waals surface area contributed by atoms with Crippen LogP contribution in [-0.2, 0) is 9.24 Å². The fourth-order valence-electron chi connectivity index (χ4n) is 2.27. The monoisotopic (exact) mass is 220 g/mol. The van der Waals surface area contributed by atoms with Crippen molar-refractivity contribution in [1.29, 1.82) is 0 Å². The van der Waals surface area contributed by atoms with Gasteiger partial charge in [-0.05, 0) is 25.2 Å². The fraction of sp³-hybridized carbons (Fsp3) is 1.00. The summed E-state index contributed by atoms with van der Waals surface area (Å²) in [4.78, 5) is 0. The lowest BCUT2D eigenvalue weighted by Crippen LogP contribution is -2.13. The standard InChI is InChI=1S/C10H21O3P/c1-2-8-14(12,13-11)9-10-6-4-3-5-7-10/h10-11H,2-9H2,1H3. The molecule has 0 bridgehead atoms. The van der Waals surface area contributed by atoms with Gasteiger partial charge in [0.25, 0.3) is 0 Å². The average Bonchev–Trinajstić information content (AvgIpc) is 2.20. The molecule has 1 aliphatic carbocycles. The van der Waals surface area contributed by atoms with E-state index in [0.717, 1.165) is 19.3 Å². The summed E-state index contributed by atoms with van der Waals surface area (Å²) >= 11 is 0. The van der Waals surface area contributed by atoms with Gasteiger partial charge >= 0.3 is 0 Å². The van der Waals surface area contributed by atoms with E-state index in [4.69, 9.17) is 5.26 Å². The Morgan fingerprint density at radius 2 is 2.00 bits per heavy atom. The van der Waals surface area contributed by atoms with Crippen LogP contribution < -0.4 is 0 Å². The maximum absolute atomic E-state index is 12.0. The Hall–Kier alpha value is 0.150. The molecule has 0 saturated heterocycles. The van der Waals surface area contributed by atoms with Crippen molar-refractivity contribution >= 4 is 7.37 Å². The van der Waals surface area contributed by atoms with Gasteiger partial charge in [0.1, 0.15) is 0 Å². The van der Waals surface area contributed by atoms with Crippen LogP contribution in [0.4, 0.5) is 0 Å². The Morgan fingerprint density at radius 3 is 2.50 bits per heavy atom. The third kappa shape index (κ3) is 3.72. The molecule has 0 aromatic carbocycles. The highest BCUT2D eigenvalue weighted by Gasteiger charge is 2.28. The molecule has 1 unspecified atom stereocenters. The third-order valence-corrected chi connectivity index (χ3v) is 5.47. The van der Waals surface area contributed by atoms with Crippen molar-refractivity contribution in [3.05, 3.63) is 0 Å². The predicted molar refractivity (Wildman–Crippen MR) is 57.9 cm³/mol. The molecule has 0 aromatic rings. The molecule has 1 fully saturated rings. The quantitative estimate of drug-likeness (QED) is 0.436. The molecule has 0 radical (unpaired) electrons. The molecular formula is C10H21O3P. The van der Waals surface area contributed by atoms with Crippen LogP contribution in [-0.4, -0.2) is 17.6 Å². The molecule has 84 valence electrons. The zero-order valence-corrected chi connectivity index (χ0v) is 9.84. The van der Waals surface area contributed by atoms with Crippen molar-refractivity contribution in [2.75, 3.05) is 12.3 Å². The van der Waals surface area contributed by atoms with Crippen molar-refractivity contribution in [3.8, 4) is 0 Å². The summed E-state index contributed by atoms with van der Waals surface area (Å²) in [7, 11) is -2.71. The van der Waals surface area contributed by atoms with Gasteiger partial charge in [0.2, 0.25) is 7.37 Å². The van der Waals surface area contributed by atoms with Crippen LogP contribution in [0.25, 0.3) is 0 Å². The minimum absolute atomic E-state index is 0.508. The summed E-state index contributed by atoms with van der Waals surface area (Å²) < 4.78 is 16.2. The summed E-state index contributed by atoms with van der Waals surface area (Å²) in [5, 5.41) is 8.68. The van der Waals surface area contributed by atoms with E-state index >= 15 is 0 Å². The Bertz CT molecular complexity index is 200. The van der Waals surface area contributed by atoms with Gasteiger partial charge in [0.05, 0.1) is 0 Å². The zero-order valence-electron chi connectivity index (χ0n) is 8.95. The van der Waals surface area contributed by atoms with E-state index in [9.17, 15) is 4.57 Å². The Kier molecular flexibility index (Phi) is 5.14. The van der Waals surface area contributed by atoms with Crippen molar-refractivity contribution in [2.24, 2.45) is 5.92 Å². The van der Waals surface area contributed by atoms with Crippen molar-refractivity contribution < 1.29 is 14.5 Å². The van der Waals surface area contributed by atoms with E-state index in [0.29, 0.717) is 18.2 Å². The molecule has 1 rings (SSSR count). The maximum atomic E-state index is 12.0. The highest BCUT2D eigenvalue weighted by Crippen LogP contribution is 2.50. The van der Waals surface area contributed by atoms with Crippen molar-refractivity contribution in [3.63, 3.8) is 0 Å². The Labute approximate surface area is 86.2 Å². The van der Waals surface area contributed by atoms with Crippen molar-refractivity contribution in [1.82, 2.24) is 0 Å². The largest absolute Gasteiger partial charge is 0.290 e. The average molecular weight is 220 g/mol. The second-order valence-electron chi connectivity index (χ2n) is 4.31. The van der Waals surface area contributed by atoms with Crippen LogP contribution in [0, 0.1) is 5.92 Å². The highest BCUT2D eigenvalue weighted by atomic mass is 31.2. The molecule has 0 amide bonds. The molecule has 3 nitrogen and oxygen atoms in total. The molecule has 1 saturated carbocycles. The van der Waals surface area contributed by atoms with E-state index in [-0.39, 0.29) is 0 Å². The molecule has 0 spiro atoms. The summed E-state index contributed by atoms with van der Waals surface area (Å²) in [5.74, 6) is 0.508. The first-order chi connectivity index (χ1) is 6.70. The molecule has 1 N–H and O–H groups in total. The third-order valence-electron chi connectivity index (χ3n) is 2.97. The summed E-state index contributed by atoms with van der Waals surface area (Å²) in [6.07, 6.45) is 7.98. The van der Waals surface area contributed by atoms with E-state index in [1.54, 1.807) is 0 Å². The number of rotatable bonds is 5. The smallest absolute Gasteiger partial charge is 0.235 e. The van der Waals surface area contributed by atoms with Crippen LogP contribution in [0.5, 0.6) is 0 Å². The topological polar surface area (TPSA) is 46.5 Å². The van der Waals surface area contributed by atoms with Crippen LogP contribution >= 0.6 is 7.37 Å². The molecule has 1 aliphatic rings. The van der Waals surface area contributed by atoms with E-state index in [1.807, 2.05) is 6.92 Å². The SMILES string of the molecule is CCCP(=O)(CC1CCCCC1)OO. The van der Waals surface area contributed by atoms with Gasteiger partial charge in [-0.1, -0.05) is 26.2 Å². The molecule has 0 aliphatic heterocycles. The van der Waals surface area contributed by atoms with Gasteiger partial charge in [0.15, 0.2) is 0 Å². The maximum Gasteiger partial charge on any atom is 0.235 e. The van der Waals surface area contributed by atoms with Crippen LogP contribution in [0.15, 0.2) is 0 Å². The lowest BCUT2D eigenvalue weighted by Gasteiger charge is -2.24. The Balaban J connectivity index is 2.41. The van der Waals surface area contributed by atoms with E-state index in [2.05, 4.69) is 4.67 Å². The van der Waals surface area contributed by atoms with Gasteiger partial charge < -0.3 is 0 Å². The highest BCUT2D eigenvalue weighted by molar-refractivity contribution is 7.58. The second kappa shape index (κ2) is 5.89. The zero-order chi connectivity index (χ0) is 10.4. The van der Waals surface area contributed by atoms with Crippen LogP contribution in [0.3, 0.4) is 0 Å². The first-order valence-electron chi connectivity index (χ1n) is 5.61. The molecular weight excluding hydrogens is 199 g/mol. The van der Waals surface area contributed by atoms with Gasteiger partial charge in [-0.2, -0.15) is 4.67 Å². The van der Waals surface area contributed by atoms with Crippen LogP contribution in [0.2, 0.25) is 0 Å². The predicted octanol–water partition coefficient (Wildman–Crippen LogP) is 3.74. The number of hydrogen-bond donors (Lipinski definition) is 1. The molecule has 0 aromatic heterocycles. The molecule has 1 atom stereocenters. The first-order valence-corrected chi connectivity index (χ1v) is 7.61. The van der Waals surface area contributed by atoms with E-state index in [1.165, 1.54) is 19.3 Å². The van der Waals surface area contributed by atoms with Gasteiger partial charge in [-0.15, -0.1) is 0 Å². The fourth-order valence-corrected chi connectivity index (χ4v) is 4.43. The lowest BCUT2D eigenvalue weighted by atomic mass is 9.91. The van der Waals surface area contributed by atoms with Gasteiger partial charge in [-0.25, -0.2) is 5.26 Å². The summed E-state index contributed by atoms with van der Waals surface area (Å²) in [6.45, 7) is 1.96. The van der Waals surface area contributed by atoms with Crippen molar-refractivity contribution in [2.45, 2.75) is 45.4 Å². The minimum Gasteiger partial charge on any atom is -0.290 e. The first kappa shape index (κ1) is 12.2. The lowest BCUT2D eigenvalue weighted by molar-refractivity contribution is -0.136. The molecule has 0 heterocycles. The van der Waals surface area contributed by atoms with E-state index < -0.39 is 7.37 Å². The molecule has 4 heteroatoms. The number of hydrogen-bond acceptors (Lipinski definition) is 3. The normalized spacial score (nSPS) is 23.3. The van der Waals surface area contributed by atoms with Gasteiger partial charge in [0, 0.05) is 12.3 Å². The van der Waals surface area contributed by atoms with Gasteiger partial charge in [-0.3, -0.25) is 4.57 Å². The van der Waals surface area contributed by atoms with Crippen LogP contribution in [0.1, 0.15) is 45.4 Å². The summed E-state index contributed by atoms with van der Waals surface area (Å²) in [6, 6.07) is 0. The Morgan fingerprint density at radius 1 is 1.36 bits per heavy atom. The minimum atomic E-state index is -2.71.